The van der Waals surface area contributed by atoms with Crippen molar-refractivity contribution >= 4 is 11.9 Å². The number of fused-ring (bicyclic) bond motifs is 2. The molecule has 0 unspecified atom stereocenters. The van der Waals surface area contributed by atoms with E-state index in [-0.39, 0.29) is 5.91 Å². The molecule has 2 saturated heterocycles. The van der Waals surface area contributed by atoms with Crippen molar-refractivity contribution in [3.63, 3.8) is 0 Å². The molecule has 3 aliphatic rings. The van der Waals surface area contributed by atoms with Gasteiger partial charge in [-0.15, -0.1) is 5.10 Å². The van der Waals surface area contributed by atoms with Crippen molar-refractivity contribution in [1.29, 1.82) is 0 Å². The van der Waals surface area contributed by atoms with Crippen LogP contribution in [0.1, 0.15) is 48.2 Å². The Hall–Kier alpha value is -2.96. The van der Waals surface area contributed by atoms with Crippen LogP contribution in [0.25, 0.3) is 0 Å². The summed E-state index contributed by atoms with van der Waals surface area (Å²) in [4.78, 5) is 25.8. The Balaban J connectivity index is 0.000000344. The summed E-state index contributed by atoms with van der Waals surface area (Å²) < 4.78 is 33.7. The highest BCUT2D eigenvalue weighted by Crippen LogP contribution is 2.37. The Morgan fingerprint density at radius 1 is 1.18 bits per heavy atom. The average molecular weight is 483 g/mol. The van der Waals surface area contributed by atoms with Crippen LogP contribution < -0.4 is 0 Å². The number of nitrogens with one attached hydrogen (secondary N) is 1. The Morgan fingerprint density at radius 2 is 1.91 bits per heavy atom. The fourth-order valence-corrected chi connectivity index (χ4v) is 5.06. The van der Waals surface area contributed by atoms with Crippen molar-refractivity contribution in [3.05, 3.63) is 29.8 Å². The van der Waals surface area contributed by atoms with Gasteiger partial charge < -0.3 is 10.0 Å². The third-order valence-corrected chi connectivity index (χ3v) is 6.81. The molecule has 13 heteroatoms. The summed E-state index contributed by atoms with van der Waals surface area (Å²) in [6.45, 7) is 4.67. The number of aromatic nitrogens is 5. The minimum Gasteiger partial charge on any atom is -0.475 e. The zero-order valence-electron chi connectivity index (χ0n) is 18.6. The van der Waals surface area contributed by atoms with Crippen LogP contribution in [0.15, 0.2) is 18.6 Å². The van der Waals surface area contributed by atoms with Gasteiger partial charge in [0.15, 0.2) is 0 Å². The van der Waals surface area contributed by atoms with Crippen molar-refractivity contribution in [3.8, 4) is 0 Å². The van der Waals surface area contributed by atoms with Crippen molar-refractivity contribution in [2.75, 3.05) is 19.6 Å². The van der Waals surface area contributed by atoms with Crippen LogP contribution in [0, 0.1) is 11.8 Å². The number of hydrogen-bond acceptors (Lipinski definition) is 6. The molecule has 4 heterocycles. The van der Waals surface area contributed by atoms with Gasteiger partial charge in [-0.1, -0.05) is 5.21 Å². The highest BCUT2D eigenvalue weighted by atomic mass is 19.4. The Bertz CT molecular complexity index is 971. The molecule has 2 aromatic rings. The van der Waals surface area contributed by atoms with Gasteiger partial charge in [0.2, 0.25) is 0 Å². The highest BCUT2D eigenvalue weighted by Gasteiger charge is 2.38. The second-order valence-corrected chi connectivity index (χ2v) is 9.22. The van der Waals surface area contributed by atoms with E-state index in [2.05, 4.69) is 31.6 Å². The van der Waals surface area contributed by atoms with E-state index in [4.69, 9.17) is 9.90 Å². The summed E-state index contributed by atoms with van der Waals surface area (Å²) in [5, 5.41) is 22.5. The first kappa shape index (κ1) is 24.2. The van der Waals surface area contributed by atoms with Gasteiger partial charge in [-0.25, -0.2) is 4.79 Å². The second-order valence-electron chi connectivity index (χ2n) is 9.22. The molecule has 186 valence electrons. The van der Waals surface area contributed by atoms with Crippen LogP contribution in [0.5, 0.6) is 0 Å². The molecule has 3 fully saturated rings. The quantitative estimate of drug-likeness (QED) is 0.669. The molecule has 1 aliphatic carbocycles. The first-order valence-corrected chi connectivity index (χ1v) is 11.4. The van der Waals surface area contributed by atoms with Crippen molar-refractivity contribution in [2.45, 2.75) is 57.4 Å². The van der Waals surface area contributed by atoms with Gasteiger partial charge in [0, 0.05) is 51.2 Å². The van der Waals surface area contributed by atoms with Gasteiger partial charge in [0.1, 0.15) is 0 Å². The van der Waals surface area contributed by atoms with Crippen LogP contribution in [0.4, 0.5) is 13.2 Å². The first-order valence-electron chi connectivity index (χ1n) is 11.4. The maximum absolute atomic E-state index is 12.4. The van der Waals surface area contributed by atoms with Crippen molar-refractivity contribution in [2.24, 2.45) is 11.8 Å². The lowest BCUT2D eigenvalue weighted by Gasteiger charge is -2.31. The Morgan fingerprint density at radius 3 is 2.47 bits per heavy atom. The summed E-state index contributed by atoms with van der Waals surface area (Å²) >= 11 is 0. The first-order chi connectivity index (χ1) is 16.2. The van der Waals surface area contributed by atoms with E-state index >= 15 is 0 Å². The van der Waals surface area contributed by atoms with E-state index in [0.717, 1.165) is 56.7 Å². The second kappa shape index (κ2) is 10.1. The fraction of sp³-hybridized carbons (Fsp3) is 0.667. The molecule has 1 amide bonds. The number of H-pyrrole nitrogens is 1. The average Bonchev–Trinajstić information content (AvgIpc) is 3.60. The molecular weight excluding hydrogens is 455 g/mol. The number of likely N-dealkylation sites (tertiary alicyclic amines) is 2. The summed E-state index contributed by atoms with van der Waals surface area (Å²) in [5.74, 6) is -1.21. The number of aliphatic carboxylic acids is 1. The number of nitrogens with zero attached hydrogens (tertiary/aromatic N) is 6. The lowest BCUT2D eigenvalue weighted by Crippen LogP contribution is -2.39. The lowest BCUT2D eigenvalue weighted by atomic mass is 9.96. The van der Waals surface area contributed by atoms with Crippen LogP contribution >= 0.6 is 0 Å². The number of alkyl halides is 3. The summed E-state index contributed by atoms with van der Waals surface area (Å²) in [5.41, 5.74) is 1.74. The topological polar surface area (TPSA) is 120 Å². The van der Waals surface area contributed by atoms with Crippen molar-refractivity contribution < 1.29 is 27.9 Å². The van der Waals surface area contributed by atoms with E-state index in [0.29, 0.717) is 11.5 Å². The Kier molecular flexibility index (Phi) is 7.19. The monoisotopic (exact) mass is 483 g/mol. The lowest BCUT2D eigenvalue weighted by molar-refractivity contribution is -0.192. The molecule has 0 spiro atoms. The van der Waals surface area contributed by atoms with Gasteiger partial charge in [0.05, 0.1) is 17.5 Å². The predicted octanol–water partition coefficient (Wildman–Crippen LogP) is 2.17. The molecule has 5 rings (SSSR count). The third kappa shape index (κ3) is 5.93. The maximum atomic E-state index is 12.4. The number of hydrogen-bond donors (Lipinski definition) is 2. The van der Waals surface area contributed by atoms with E-state index in [1.54, 1.807) is 12.4 Å². The Labute approximate surface area is 194 Å². The summed E-state index contributed by atoms with van der Waals surface area (Å²) in [7, 11) is 0. The van der Waals surface area contributed by atoms with Crippen molar-refractivity contribution in [1.82, 2.24) is 35.0 Å². The summed E-state index contributed by atoms with van der Waals surface area (Å²) in [6.07, 6.45) is 6.46. The van der Waals surface area contributed by atoms with Gasteiger partial charge in [0.25, 0.3) is 5.91 Å². The minimum atomic E-state index is -5.08. The largest absolute Gasteiger partial charge is 0.490 e. The van der Waals surface area contributed by atoms with E-state index < -0.39 is 12.1 Å². The number of rotatable bonds is 5. The van der Waals surface area contributed by atoms with Gasteiger partial charge in [-0.3, -0.25) is 19.5 Å². The van der Waals surface area contributed by atoms with Crippen LogP contribution in [-0.2, 0) is 17.9 Å². The molecule has 0 aromatic carbocycles. The molecule has 2 N–H and O–H groups in total. The van der Waals surface area contributed by atoms with Gasteiger partial charge in [-0.05, 0) is 43.9 Å². The molecule has 10 nitrogen and oxygen atoms in total. The van der Waals surface area contributed by atoms with E-state index in [1.807, 2.05) is 9.58 Å². The van der Waals surface area contributed by atoms with Gasteiger partial charge in [-0.2, -0.15) is 18.3 Å². The molecule has 2 bridgehead atoms. The maximum Gasteiger partial charge on any atom is 0.490 e. The van der Waals surface area contributed by atoms with E-state index in [1.165, 1.54) is 25.8 Å². The molecule has 2 atom stereocenters. The SMILES string of the molecule is O=C(O)C(F)(F)F.O=C(c1cn[nH]c1)N1CCC(Cn2cc(CN3C[C@H]4CC[C@H]3C4)nn2)CC1. The van der Waals surface area contributed by atoms with Crippen LogP contribution in [0.3, 0.4) is 0 Å². The number of aromatic amines is 1. The molecule has 1 saturated carbocycles. The normalized spacial score (nSPS) is 23.1. The molecule has 0 radical (unpaired) electrons. The number of amides is 1. The third-order valence-electron chi connectivity index (χ3n) is 6.81. The number of halogens is 3. The summed E-state index contributed by atoms with van der Waals surface area (Å²) in [6, 6.07) is 0.775. The minimum absolute atomic E-state index is 0.0742. The number of carbonyl (C=O) groups is 2. The number of carbonyl (C=O) groups excluding carboxylic acids is 1. The van der Waals surface area contributed by atoms with Gasteiger partial charge >= 0.3 is 12.1 Å². The number of carboxylic acids is 1. The molecule has 2 aromatic heterocycles. The zero-order valence-corrected chi connectivity index (χ0v) is 18.6. The predicted molar refractivity (Wildman–Crippen MR) is 112 cm³/mol. The van der Waals surface area contributed by atoms with Crippen LogP contribution in [0.2, 0.25) is 0 Å². The molecule has 34 heavy (non-hydrogen) atoms. The standard InChI is InChI=1S/C19H27N7O.C2HF3O2/c27-19(16-8-20-21-9-16)24-5-3-14(4-6-24)11-26-13-17(22-23-26)12-25-10-15-1-2-18(25)7-15;3-2(4,5)1(6)7/h8-9,13-15,18H,1-7,10-12H2,(H,20,21);(H,6,7)/t15-,18-;/m0./s1. The fourth-order valence-electron chi connectivity index (χ4n) is 5.06. The number of carboxylic acid groups (broad SMARTS) is 1. The van der Waals surface area contributed by atoms with Crippen LogP contribution in [-0.4, -0.2) is 83.8 Å². The smallest absolute Gasteiger partial charge is 0.475 e. The molecule has 2 aliphatic heterocycles. The van der Waals surface area contributed by atoms with E-state index in [9.17, 15) is 18.0 Å². The molecular formula is C21H28F3N7O3. The highest BCUT2D eigenvalue weighted by molar-refractivity contribution is 5.93. The number of piperidine rings is 2. The zero-order chi connectivity index (χ0) is 24.3.